The quantitative estimate of drug-likeness (QED) is 0.728. The maximum Gasteiger partial charge on any atom is 0.253 e. The molecule has 0 N–H and O–H groups in total. The number of para-hydroxylation sites is 1. The molecule has 1 fully saturated rings. The van der Waals surface area contributed by atoms with Crippen molar-refractivity contribution in [1.82, 2.24) is 9.88 Å². The van der Waals surface area contributed by atoms with Crippen LogP contribution in [0.5, 0.6) is 0 Å². The molecule has 4 heteroatoms. The molecule has 0 unspecified atom stereocenters. The van der Waals surface area contributed by atoms with E-state index in [1.165, 1.54) is 0 Å². The zero-order valence-corrected chi connectivity index (χ0v) is 13.4. The number of fused-ring (bicyclic) bond motifs is 1. The Morgan fingerprint density at radius 3 is 2.29 bits per heavy atom. The van der Waals surface area contributed by atoms with E-state index in [9.17, 15) is 4.79 Å². The van der Waals surface area contributed by atoms with Gasteiger partial charge in [-0.25, -0.2) is 4.98 Å². The van der Waals surface area contributed by atoms with E-state index >= 15 is 0 Å². The van der Waals surface area contributed by atoms with Gasteiger partial charge in [0.25, 0.3) is 5.91 Å². The molecule has 1 saturated heterocycles. The van der Waals surface area contributed by atoms with E-state index in [0.29, 0.717) is 0 Å². The third-order valence-electron chi connectivity index (χ3n) is 4.50. The van der Waals surface area contributed by atoms with Crippen LogP contribution in [-0.2, 0) is 0 Å². The van der Waals surface area contributed by atoms with Gasteiger partial charge in [-0.3, -0.25) is 4.79 Å². The van der Waals surface area contributed by atoms with Crippen molar-refractivity contribution in [2.75, 3.05) is 31.1 Å². The number of anilines is 1. The number of nitrogens with zero attached hydrogens (tertiary/aromatic N) is 3. The fourth-order valence-corrected chi connectivity index (χ4v) is 3.13. The Morgan fingerprint density at radius 2 is 1.50 bits per heavy atom. The van der Waals surface area contributed by atoms with Gasteiger partial charge in [0.05, 0.1) is 5.52 Å². The van der Waals surface area contributed by atoms with E-state index in [1.807, 2.05) is 53.4 Å². The van der Waals surface area contributed by atoms with Gasteiger partial charge in [-0.05, 0) is 30.3 Å². The molecule has 0 saturated carbocycles. The first kappa shape index (κ1) is 14.7. The number of pyridine rings is 1. The minimum atomic E-state index is 0.113. The summed E-state index contributed by atoms with van der Waals surface area (Å²) in [7, 11) is 0. The number of hydrogen-bond donors (Lipinski definition) is 0. The van der Waals surface area contributed by atoms with Gasteiger partial charge in [-0.15, -0.1) is 0 Å². The summed E-state index contributed by atoms with van der Waals surface area (Å²) in [5.41, 5.74) is 1.77. The molecule has 0 radical (unpaired) electrons. The Labute approximate surface area is 141 Å². The van der Waals surface area contributed by atoms with Gasteiger partial charge in [0.1, 0.15) is 5.82 Å². The Bertz CT molecular complexity index is 855. The molecular formula is C20H19N3O. The predicted molar refractivity (Wildman–Crippen MR) is 96.3 cm³/mol. The van der Waals surface area contributed by atoms with E-state index in [-0.39, 0.29) is 5.91 Å². The molecule has 4 nitrogen and oxygen atoms in total. The van der Waals surface area contributed by atoms with Crippen LogP contribution in [0.4, 0.5) is 5.82 Å². The molecule has 0 atom stereocenters. The van der Waals surface area contributed by atoms with Crippen LogP contribution in [0, 0.1) is 0 Å². The maximum atomic E-state index is 12.5. The molecule has 0 bridgehead atoms. The molecule has 120 valence electrons. The second-order valence-corrected chi connectivity index (χ2v) is 6.01. The number of piperazine rings is 1. The van der Waals surface area contributed by atoms with Crippen LogP contribution in [-0.4, -0.2) is 42.0 Å². The lowest BCUT2D eigenvalue weighted by Crippen LogP contribution is -2.49. The van der Waals surface area contributed by atoms with E-state index in [1.54, 1.807) is 0 Å². The number of carbonyl (C=O) groups excluding carboxylic acids is 1. The van der Waals surface area contributed by atoms with E-state index in [0.717, 1.165) is 48.5 Å². The summed E-state index contributed by atoms with van der Waals surface area (Å²) >= 11 is 0. The average molecular weight is 317 g/mol. The average Bonchev–Trinajstić information content (AvgIpc) is 2.68. The standard InChI is InChI=1S/C20H19N3O/c24-20(17-7-2-1-3-8-17)23-14-12-22(13-15-23)19-11-10-16-6-4-5-9-18(16)21-19/h1-11H,12-15H2. The van der Waals surface area contributed by atoms with Crippen LogP contribution in [0.1, 0.15) is 10.4 Å². The van der Waals surface area contributed by atoms with E-state index < -0.39 is 0 Å². The van der Waals surface area contributed by atoms with Crippen LogP contribution in [0.2, 0.25) is 0 Å². The van der Waals surface area contributed by atoms with Gasteiger partial charge in [-0.1, -0.05) is 36.4 Å². The van der Waals surface area contributed by atoms with Crippen molar-refractivity contribution in [3.05, 3.63) is 72.3 Å². The lowest BCUT2D eigenvalue weighted by atomic mass is 10.2. The third-order valence-corrected chi connectivity index (χ3v) is 4.50. The highest BCUT2D eigenvalue weighted by molar-refractivity contribution is 5.94. The minimum absolute atomic E-state index is 0.113. The highest BCUT2D eigenvalue weighted by Crippen LogP contribution is 2.19. The van der Waals surface area contributed by atoms with Gasteiger partial charge in [-0.2, -0.15) is 0 Å². The van der Waals surface area contributed by atoms with Crippen molar-refractivity contribution >= 4 is 22.6 Å². The lowest BCUT2D eigenvalue weighted by Gasteiger charge is -2.35. The van der Waals surface area contributed by atoms with Gasteiger partial charge < -0.3 is 9.80 Å². The number of rotatable bonds is 2. The van der Waals surface area contributed by atoms with Crippen LogP contribution in [0.25, 0.3) is 10.9 Å². The summed E-state index contributed by atoms with van der Waals surface area (Å²) in [5, 5.41) is 1.15. The van der Waals surface area contributed by atoms with Gasteiger partial charge in [0.15, 0.2) is 0 Å². The van der Waals surface area contributed by atoms with Crippen molar-refractivity contribution < 1.29 is 4.79 Å². The van der Waals surface area contributed by atoms with E-state index in [4.69, 9.17) is 4.98 Å². The second kappa shape index (κ2) is 6.32. The minimum Gasteiger partial charge on any atom is -0.353 e. The molecule has 1 aromatic heterocycles. The number of amides is 1. The maximum absolute atomic E-state index is 12.5. The monoisotopic (exact) mass is 317 g/mol. The van der Waals surface area contributed by atoms with Crippen molar-refractivity contribution in [2.24, 2.45) is 0 Å². The third kappa shape index (κ3) is 2.83. The highest BCUT2D eigenvalue weighted by Gasteiger charge is 2.22. The number of hydrogen-bond acceptors (Lipinski definition) is 3. The highest BCUT2D eigenvalue weighted by atomic mass is 16.2. The predicted octanol–water partition coefficient (Wildman–Crippen LogP) is 3.20. The summed E-state index contributed by atoms with van der Waals surface area (Å²) < 4.78 is 0. The lowest BCUT2D eigenvalue weighted by molar-refractivity contribution is 0.0746. The first-order valence-corrected chi connectivity index (χ1v) is 8.26. The fraction of sp³-hybridized carbons (Fsp3) is 0.200. The second-order valence-electron chi connectivity index (χ2n) is 6.01. The number of carbonyl (C=O) groups is 1. The molecule has 0 aliphatic carbocycles. The molecule has 3 aromatic rings. The van der Waals surface area contributed by atoms with Crippen LogP contribution in [0.3, 0.4) is 0 Å². The summed E-state index contributed by atoms with van der Waals surface area (Å²) in [5.74, 6) is 1.10. The molecule has 4 rings (SSSR count). The fourth-order valence-electron chi connectivity index (χ4n) is 3.13. The smallest absolute Gasteiger partial charge is 0.253 e. The van der Waals surface area contributed by atoms with Gasteiger partial charge in [0, 0.05) is 37.1 Å². The first-order valence-electron chi connectivity index (χ1n) is 8.26. The summed E-state index contributed by atoms with van der Waals surface area (Å²) in [6.07, 6.45) is 0. The Kier molecular flexibility index (Phi) is 3.87. The molecule has 1 amide bonds. The van der Waals surface area contributed by atoms with Gasteiger partial charge in [0.2, 0.25) is 0 Å². The molecule has 1 aliphatic rings. The van der Waals surface area contributed by atoms with Crippen molar-refractivity contribution in [3.63, 3.8) is 0 Å². The topological polar surface area (TPSA) is 36.4 Å². The molecule has 1 aliphatic heterocycles. The molecular weight excluding hydrogens is 298 g/mol. The normalized spacial score (nSPS) is 14.8. The van der Waals surface area contributed by atoms with Crippen molar-refractivity contribution in [2.45, 2.75) is 0 Å². The Morgan fingerprint density at radius 1 is 0.792 bits per heavy atom. The number of aromatic nitrogens is 1. The molecule has 2 aromatic carbocycles. The SMILES string of the molecule is O=C(c1ccccc1)N1CCN(c2ccc3ccccc3n2)CC1. The molecule has 2 heterocycles. The zero-order valence-electron chi connectivity index (χ0n) is 13.4. The van der Waals surface area contributed by atoms with Crippen molar-refractivity contribution in [3.8, 4) is 0 Å². The van der Waals surface area contributed by atoms with E-state index in [2.05, 4.69) is 23.1 Å². The van der Waals surface area contributed by atoms with Crippen LogP contribution < -0.4 is 4.90 Å². The molecule has 0 spiro atoms. The van der Waals surface area contributed by atoms with Crippen LogP contribution in [0.15, 0.2) is 66.7 Å². The van der Waals surface area contributed by atoms with Crippen molar-refractivity contribution in [1.29, 1.82) is 0 Å². The summed E-state index contributed by atoms with van der Waals surface area (Å²) in [6.45, 7) is 3.07. The Balaban J connectivity index is 1.46. The Hall–Kier alpha value is -2.88. The summed E-state index contributed by atoms with van der Waals surface area (Å²) in [4.78, 5) is 21.4. The zero-order chi connectivity index (χ0) is 16.4. The summed E-state index contributed by atoms with van der Waals surface area (Å²) in [6, 6.07) is 21.8. The molecule has 24 heavy (non-hydrogen) atoms. The number of benzene rings is 2. The first-order chi connectivity index (χ1) is 11.8. The van der Waals surface area contributed by atoms with Gasteiger partial charge >= 0.3 is 0 Å². The van der Waals surface area contributed by atoms with Crippen LogP contribution >= 0.6 is 0 Å². The largest absolute Gasteiger partial charge is 0.353 e.